The first-order valence-corrected chi connectivity index (χ1v) is 6.31. The number of benzene rings is 1. The highest BCUT2D eigenvalue weighted by Crippen LogP contribution is 2.26. The van der Waals surface area contributed by atoms with Gasteiger partial charge in [0.25, 0.3) is 0 Å². The van der Waals surface area contributed by atoms with E-state index in [2.05, 4.69) is 28.8 Å². The first kappa shape index (κ1) is 12.0. The van der Waals surface area contributed by atoms with Gasteiger partial charge in [0.05, 0.1) is 0 Å². The molecule has 17 heavy (non-hydrogen) atoms. The van der Waals surface area contributed by atoms with Crippen molar-refractivity contribution < 1.29 is 4.79 Å². The molecular weight excluding hydrogens is 212 g/mol. The van der Waals surface area contributed by atoms with E-state index in [9.17, 15) is 4.79 Å². The Morgan fingerprint density at radius 3 is 3.06 bits per heavy atom. The summed E-state index contributed by atoms with van der Waals surface area (Å²) in [5.74, 6) is 0.142. The van der Waals surface area contributed by atoms with Crippen LogP contribution in [0.2, 0.25) is 0 Å². The molecule has 0 aliphatic carbocycles. The first-order valence-electron chi connectivity index (χ1n) is 6.31. The number of hydrogen-bond donors (Lipinski definition) is 2. The third kappa shape index (κ3) is 2.99. The summed E-state index contributed by atoms with van der Waals surface area (Å²) in [4.78, 5) is 11.6. The molecule has 2 N–H and O–H groups in total. The van der Waals surface area contributed by atoms with Crippen molar-refractivity contribution in [2.75, 3.05) is 11.9 Å². The Labute approximate surface area is 103 Å². The molecule has 0 unspecified atom stereocenters. The van der Waals surface area contributed by atoms with Gasteiger partial charge in [0.1, 0.15) is 0 Å². The van der Waals surface area contributed by atoms with Gasteiger partial charge < -0.3 is 10.6 Å². The van der Waals surface area contributed by atoms with Crippen LogP contribution < -0.4 is 10.6 Å². The van der Waals surface area contributed by atoms with Gasteiger partial charge in [-0.15, -0.1) is 0 Å². The van der Waals surface area contributed by atoms with Crippen LogP contribution in [-0.2, 0) is 17.6 Å². The molecule has 1 heterocycles. The zero-order valence-electron chi connectivity index (χ0n) is 10.5. The summed E-state index contributed by atoms with van der Waals surface area (Å²) in [6.07, 6.45) is 2.50. The first-order chi connectivity index (χ1) is 8.16. The Morgan fingerprint density at radius 1 is 1.47 bits per heavy atom. The van der Waals surface area contributed by atoms with E-state index in [4.69, 9.17) is 0 Å². The van der Waals surface area contributed by atoms with Gasteiger partial charge in [-0.3, -0.25) is 4.79 Å². The number of nitrogens with one attached hydrogen (secondary N) is 2. The van der Waals surface area contributed by atoms with Crippen LogP contribution in [0.1, 0.15) is 31.4 Å². The Hall–Kier alpha value is -1.51. The number of rotatable bonds is 4. The molecule has 0 bridgehead atoms. The van der Waals surface area contributed by atoms with Crippen molar-refractivity contribution in [2.24, 2.45) is 0 Å². The Bertz CT molecular complexity index is 413. The fourth-order valence-corrected chi connectivity index (χ4v) is 2.29. The van der Waals surface area contributed by atoms with Crippen molar-refractivity contribution in [1.29, 1.82) is 0 Å². The molecule has 0 fully saturated rings. The molecule has 2 rings (SSSR count). The maximum absolute atomic E-state index is 11.6. The average molecular weight is 232 g/mol. The molecule has 92 valence electrons. The van der Waals surface area contributed by atoms with Crippen LogP contribution in [0.4, 0.5) is 5.69 Å². The number of hydrogen-bond acceptors (Lipinski definition) is 2. The fraction of sp³-hybridized carbons (Fsp3) is 0.500. The average Bonchev–Trinajstić information content (AvgIpc) is 2.73. The molecule has 0 atom stereocenters. The van der Waals surface area contributed by atoms with E-state index >= 15 is 0 Å². The molecule has 0 aromatic heterocycles. The molecule has 1 aliphatic rings. The van der Waals surface area contributed by atoms with E-state index in [-0.39, 0.29) is 11.9 Å². The molecule has 1 aromatic rings. The number of fused-ring (bicyclic) bond motifs is 1. The lowest BCUT2D eigenvalue weighted by Gasteiger charge is -2.10. The van der Waals surface area contributed by atoms with E-state index in [0.717, 1.165) is 19.4 Å². The maximum Gasteiger partial charge on any atom is 0.220 e. The molecule has 1 aromatic carbocycles. The van der Waals surface area contributed by atoms with E-state index in [1.54, 1.807) is 0 Å². The minimum absolute atomic E-state index is 0.142. The van der Waals surface area contributed by atoms with Crippen LogP contribution >= 0.6 is 0 Å². The van der Waals surface area contributed by atoms with Gasteiger partial charge in [0.2, 0.25) is 5.91 Å². The van der Waals surface area contributed by atoms with Crippen molar-refractivity contribution in [3.8, 4) is 0 Å². The number of carbonyl (C=O) groups excluding carboxylic acids is 1. The normalized spacial score (nSPS) is 13.4. The predicted octanol–water partition coefficient (Wildman–Crippen LogP) is 2.11. The molecule has 3 nitrogen and oxygen atoms in total. The van der Waals surface area contributed by atoms with Crippen molar-refractivity contribution in [3.63, 3.8) is 0 Å². The number of carbonyl (C=O) groups is 1. The van der Waals surface area contributed by atoms with Crippen LogP contribution in [0.15, 0.2) is 18.2 Å². The number of anilines is 1. The fourth-order valence-electron chi connectivity index (χ4n) is 2.29. The standard InChI is InChI=1S/C14H20N2O/c1-10(2)16-14(17)7-6-11-4-3-5-13-12(11)8-9-15-13/h3-5,10,15H,6-9H2,1-2H3,(H,16,17). The highest BCUT2D eigenvalue weighted by Gasteiger charge is 2.14. The summed E-state index contributed by atoms with van der Waals surface area (Å²) in [6, 6.07) is 6.53. The van der Waals surface area contributed by atoms with Gasteiger partial charge in [-0.25, -0.2) is 0 Å². The Kier molecular flexibility index (Phi) is 3.67. The summed E-state index contributed by atoms with van der Waals surface area (Å²) < 4.78 is 0. The van der Waals surface area contributed by atoms with E-state index in [1.165, 1.54) is 16.8 Å². The van der Waals surface area contributed by atoms with Crippen LogP contribution in [-0.4, -0.2) is 18.5 Å². The van der Waals surface area contributed by atoms with Gasteiger partial charge in [0.15, 0.2) is 0 Å². The predicted molar refractivity (Wildman–Crippen MR) is 70.2 cm³/mol. The van der Waals surface area contributed by atoms with Gasteiger partial charge in [0, 0.05) is 24.7 Å². The Balaban J connectivity index is 1.96. The number of amides is 1. The largest absolute Gasteiger partial charge is 0.384 e. The molecule has 0 spiro atoms. The van der Waals surface area contributed by atoms with Crippen molar-refractivity contribution in [3.05, 3.63) is 29.3 Å². The van der Waals surface area contributed by atoms with Crippen LogP contribution in [0.25, 0.3) is 0 Å². The van der Waals surface area contributed by atoms with Gasteiger partial charge >= 0.3 is 0 Å². The lowest BCUT2D eigenvalue weighted by molar-refractivity contribution is -0.121. The molecule has 0 radical (unpaired) electrons. The van der Waals surface area contributed by atoms with E-state index in [1.807, 2.05) is 13.8 Å². The summed E-state index contributed by atoms with van der Waals surface area (Å²) in [5, 5.41) is 6.29. The van der Waals surface area contributed by atoms with Crippen LogP contribution in [0.5, 0.6) is 0 Å². The topological polar surface area (TPSA) is 41.1 Å². The second kappa shape index (κ2) is 5.21. The van der Waals surface area contributed by atoms with Gasteiger partial charge in [-0.2, -0.15) is 0 Å². The molecule has 0 saturated carbocycles. The highest BCUT2D eigenvalue weighted by molar-refractivity contribution is 5.76. The third-order valence-corrected chi connectivity index (χ3v) is 3.03. The summed E-state index contributed by atoms with van der Waals surface area (Å²) >= 11 is 0. The quantitative estimate of drug-likeness (QED) is 0.835. The van der Waals surface area contributed by atoms with E-state index in [0.29, 0.717) is 6.42 Å². The number of aryl methyl sites for hydroxylation is 1. The molecule has 0 saturated heterocycles. The highest BCUT2D eigenvalue weighted by atomic mass is 16.1. The second-order valence-corrected chi connectivity index (χ2v) is 4.84. The summed E-state index contributed by atoms with van der Waals surface area (Å²) in [5.41, 5.74) is 3.95. The second-order valence-electron chi connectivity index (χ2n) is 4.84. The Morgan fingerprint density at radius 2 is 2.29 bits per heavy atom. The minimum atomic E-state index is 0.142. The van der Waals surface area contributed by atoms with Crippen molar-refractivity contribution in [2.45, 2.75) is 39.2 Å². The molecule has 3 heteroatoms. The van der Waals surface area contributed by atoms with E-state index < -0.39 is 0 Å². The zero-order chi connectivity index (χ0) is 12.3. The molecule has 1 amide bonds. The van der Waals surface area contributed by atoms with Gasteiger partial charge in [-0.05, 0) is 43.9 Å². The minimum Gasteiger partial charge on any atom is -0.384 e. The smallest absolute Gasteiger partial charge is 0.220 e. The zero-order valence-corrected chi connectivity index (χ0v) is 10.5. The molecular formula is C14H20N2O. The van der Waals surface area contributed by atoms with Gasteiger partial charge in [-0.1, -0.05) is 12.1 Å². The summed E-state index contributed by atoms with van der Waals surface area (Å²) in [7, 11) is 0. The third-order valence-electron chi connectivity index (χ3n) is 3.03. The lowest BCUT2D eigenvalue weighted by Crippen LogP contribution is -2.30. The van der Waals surface area contributed by atoms with Crippen LogP contribution in [0, 0.1) is 0 Å². The van der Waals surface area contributed by atoms with Crippen LogP contribution in [0.3, 0.4) is 0 Å². The maximum atomic E-state index is 11.6. The monoisotopic (exact) mass is 232 g/mol. The van der Waals surface area contributed by atoms with Crippen molar-refractivity contribution in [1.82, 2.24) is 5.32 Å². The van der Waals surface area contributed by atoms with Crippen molar-refractivity contribution >= 4 is 11.6 Å². The lowest BCUT2D eigenvalue weighted by atomic mass is 10.0. The molecule has 1 aliphatic heterocycles. The SMILES string of the molecule is CC(C)NC(=O)CCc1cccc2c1CCN2. The summed E-state index contributed by atoms with van der Waals surface area (Å²) in [6.45, 7) is 4.99.